The lowest BCUT2D eigenvalue weighted by Crippen LogP contribution is -2.27. The van der Waals surface area contributed by atoms with E-state index in [1.54, 1.807) is 14.2 Å². The first-order valence-corrected chi connectivity index (χ1v) is 42.1. The van der Waals surface area contributed by atoms with E-state index in [2.05, 4.69) is 76.6 Å². The number of Topliss-reactive ketones (excluding diaryl/α,β-unsaturated/α-hetero) is 1. The number of benzene rings is 3. The molecule has 125 heavy (non-hydrogen) atoms. The zero-order valence-electron chi connectivity index (χ0n) is 71.7. The van der Waals surface area contributed by atoms with E-state index >= 15 is 0 Å². The molecular weight excluding hydrogens is 1750 g/mol. The number of carbonyl (C=O) groups excluding carboxylic acids is 1. The largest absolute Gasteiger partial charge is 0.382 e. The van der Waals surface area contributed by atoms with Crippen LogP contribution in [-0.4, -0.2) is 330 Å². The molecule has 4 rings (SSSR count). The van der Waals surface area contributed by atoms with Crippen molar-refractivity contribution in [1.29, 1.82) is 0 Å². The summed E-state index contributed by atoms with van der Waals surface area (Å²) in [6, 6.07) is 22.0. The molecule has 0 saturated heterocycles. The van der Waals surface area contributed by atoms with Crippen molar-refractivity contribution in [2.24, 2.45) is 5.73 Å². The summed E-state index contributed by atoms with van der Waals surface area (Å²) >= 11 is 3.80. The van der Waals surface area contributed by atoms with Gasteiger partial charge >= 0.3 is 0 Å². The maximum atomic E-state index is 12.3. The van der Waals surface area contributed by atoms with E-state index in [0.29, 0.717) is 72.2 Å². The molecule has 0 fully saturated rings. The van der Waals surface area contributed by atoms with Crippen molar-refractivity contribution in [1.82, 2.24) is 0 Å². The van der Waals surface area contributed by atoms with Crippen molar-refractivity contribution in [2.45, 2.75) is 63.2 Å². The van der Waals surface area contributed by atoms with Crippen LogP contribution in [0, 0.1) is 0 Å². The van der Waals surface area contributed by atoms with Gasteiger partial charge in [-0.15, -0.1) is 0 Å². The highest BCUT2D eigenvalue weighted by Crippen LogP contribution is 2.55. The molecule has 0 atom stereocenters. The summed E-state index contributed by atoms with van der Waals surface area (Å²) in [5.41, 5.74) is 13.5. The Balaban J connectivity index is 0.954. The van der Waals surface area contributed by atoms with Gasteiger partial charge in [0.2, 0.25) is 0 Å². The minimum atomic E-state index is -0.370. The number of ketones is 1. The summed E-state index contributed by atoms with van der Waals surface area (Å²) in [6.45, 7) is 8.09. The van der Waals surface area contributed by atoms with Crippen molar-refractivity contribution in [2.75, 3.05) is 325 Å². The van der Waals surface area contributed by atoms with Crippen LogP contribution in [0.15, 0.2) is 65.1 Å². The molecule has 3 aromatic carbocycles. The second-order valence-electron chi connectivity index (χ2n) is 24.8. The maximum Gasteiger partial charge on any atom is 0.132 e. The van der Waals surface area contributed by atoms with Crippen LogP contribution in [0.5, 0.6) is 0 Å². The van der Waals surface area contributed by atoms with Gasteiger partial charge in [-0.3, -0.25) is 4.79 Å². The van der Waals surface area contributed by atoms with Crippen LogP contribution in [0.3, 0.4) is 0 Å². The molecular formula is C78H130BrNO45. The zero-order chi connectivity index (χ0) is 88.5. The third-order valence-electron chi connectivity index (χ3n) is 15.5. The van der Waals surface area contributed by atoms with E-state index in [1.165, 1.54) is 27.8 Å². The topological polar surface area (TPSA) is 449 Å². The lowest BCUT2D eigenvalue weighted by molar-refractivity contribution is -0.379. The molecule has 0 unspecified atom stereocenters. The van der Waals surface area contributed by atoms with Gasteiger partial charge in [0.25, 0.3) is 0 Å². The van der Waals surface area contributed by atoms with Gasteiger partial charge in [-0.2, -0.15) is 0 Å². The van der Waals surface area contributed by atoms with Gasteiger partial charge in [0.1, 0.15) is 270 Å². The highest BCUT2D eigenvalue weighted by atomic mass is 79.9. The fourth-order valence-corrected chi connectivity index (χ4v) is 10.6. The highest BCUT2D eigenvalue weighted by molar-refractivity contribution is 9.10. The molecule has 1 aliphatic carbocycles. The van der Waals surface area contributed by atoms with E-state index in [0.717, 1.165) is 60.5 Å². The lowest BCUT2D eigenvalue weighted by Gasteiger charge is -2.33. The highest BCUT2D eigenvalue weighted by Gasteiger charge is 2.43. The Morgan fingerprint density at radius 1 is 0.256 bits per heavy atom. The Labute approximate surface area is 735 Å². The first-order chi connectivity index (χ1) is 62.0. The fourth-order valence-electron chi connectivity index (χ4n) is 10.2. The van der Waals surface area contributed by atoms with E-state index in [1.807, 2.05) is 0 Å². The van der Waals surface area contributed by atoms with Crippen molar-refractivity contribution < 1.29 is 219 Å². The molecule has 3 aromatic rings. The summed E-state index contributed by atoms with van der Waals surface area (Å²) in [6.07, 6.45) is 6.54. The quantitative estimate of drug-likeness (QED) is 0.0342. The normalized spacial score (nSPS) is 12.4. The number of carbonyl (C=O) groups is 1. The first kappa shape index (κ1) is 113. The van der Waals surface area contributed by atoms with Crippen molar-refractivity contribution in [3.05, 3.63) is 81.8 Å². The standard InChI is InChI=1S/C78H130BrNO45/c1-82-23-27-86-90-31-35-94-98-39-43-102-106-47-51-110-114-55-59-118-122-63-65-124-120-61-57-116-112-53-49-108-104-45-41-100-96-37-33-92-88-29-25-84-21-5-18-78(76-67-71(14-16-74(76)75-17-15-72(79)68-77(75)78)70-12-10-69(11-13-70)7-3-8-73(81)9-4-20-80)19-6-22-85-26-30-89-93-34-38-97-101-42-46-105-109-50-54-113-117-58-62-121-125-66-64-123-119-60-56-115-111-52-48-107-103-44-40-99-95-36-32-91-87-28-24-83-2/h10-17,67-68H,3-9,18-66,80H2,1-2H3. The van der Waals surface area contributed by atoms with Crippen LogP contribution in [0.1, 0.15) is 68.1 Å². The molecule has 0 bridgehead atoms. The predicted molar refractivity (Wildman–Crippen MR) is 424 cm³/mol. The van der Waals surface area contributed by atoms with Gasteiger partial charge in [0.15, 0.2) is 0 Å². The maximum absolute atomic E-state index is 12.3. The zero-order valence-corrected chi connectivity index (χ0v) is 73.3. The number of halogens is 1. The molecule has 1 aliphatic rings. The third kappa shape index (κ3) is 65.3. The average molecular weight is 1880 g/mol. The van der Waals surface area contributed by atoms with Crippen LogP contribution in [-0.2, 0) is 231 Å². The smallest absolute Gasteiger partial charge is 0.132 e. The number of aryl methyl sites for hydroxylation is 1. The predicted octanol–water partition coefficient (Wildman–Crippen LogP) is 6.86. The number of ether oxygens (including phenoxy) is 4. The molecule has 0 aromatic heterocycles. The molecule has 0 saturated carbocycles. The van der Waals surface area contributed by atoms with Gasteiger partial charge in [-0.05, 0) is 109 Å². The van der Waals surface area contributed by atoms with Crippen LogP contribution in [0.4, 0.5) is 0 Å². The molecule has 0 spiro atoms. The molecule has 0 aliphatic heterocycles. The van der Waals surface area contributed by atoms with E-state index in [4.69, 9.17) is 220 Å². The number of hydrogen-bond acceptors (Lipinski definition) is 46. The van der Waals surface area contributed by atoms with E-state index in [-0.39, 0.29) is 262 Å². The van der Waals surface area contributed by atoms with Gasteiger partial charge < -0.3 is 24.7 Å². The molecule has 0 amide bonds. The van der Waals surface area contributed by atoms with Crippen LogP contribution in [0.2, 0.25) is 0 Å². The van der Waals surface area contributed by atoms with Crippen molar-refractivity contribution >= 4 is 21.7 Å². The number of fused-ring (bicyclic) bond motifs is 3. The Bertz CT molecular complexity index is 2720. The summed E-state index contributed by atoms with van der Waals surface area (Å²) < 4.78 is 22.8. The molecule has 2 N–H and O–H groups in total. The number of methoxy groups -OCH3 is 2. The molecule has 724 valence electrons. The molecule has 47 heteroatoms. The molecule has 46 nitrogen and oxygen atoms in total. The Kier molecular flexibility index (Phi) is 79.7. The summed E-state index contributed by atoms with van der Waals surface area (Å²) in [4.78, 5) is 212. The summed E-state index contributed by atoms with van der Waals surface area (Å²) in [5.74, 6) is 0.258. The Morgan fingerprint density at radius 2 is 0.480 bits per heavy atom. The molecule has 0 heterocycles. The second-order valence-corrected chi connectivity index (χ2v) is 25.7. The Morgan fingerprint density at radius 3 is 0.736 bits per heavy atom. The van der Waals surface area contributed by atoms with E-state index in [9.17, 15) is 4.79 Å². The summed E-state index contributed by atoms with van der Waals surface area (Å²) in [7, 11) is 3.13. The van der Waals surface area contributed by atoms with Gasteiger partial charge in [0.05, 0.1) is 26.4 Å². The number of rotatable bonds is 102. The monoisotopic (exact) mass is 1880 g/mol. The van der Waals surface area contributed by atoms with Crippen molar-refractivity contribution in [3.63, 3.8) is 0 Å². The second kappa shape index (κ2) is 88.0. The lowest BCUT2D eigenvalue weighted by atomic mass is 9.71. The average Bonchev–Trinajstić information content (AvgIpc) is 1.56. The van der Waals surface area contributed by atoms with E-state index < -0.39 is 0 Å². The van der Waals surface area contributed by atoms with Crippen LogP contribution >= 0.6 is 15.9 Å². The minimum absolute atomic E-state index is 0.0872. The van der Waals surface area contributed by atoms with Crippen molar-refractivity contribution in [3.8, 4) is 22.3 Å². The van der Waals surface area contributed by atoms with Crippen LogP contribution < -0.4 is 5.73 Å². The van der Waals surface area contributed by atoms with Gasteiger partial charge in [-0.25, -0.2) is 196 Å². The van der Waals surface area contributed by atoms with Crippen LogP contribution in [0.25, 0.3) is 22.3 Å². The number of nitrogens with two attached hydrogens (primary N) is 1. The molecule has 0 radical (unpaired) electrons. The first-order valence-electron chi connectivity index (χ1n) is 41.3. The SMILES string of the molecule is COCCOOCCOOCCOOCCOOCCOOCCOOCCOOCCOOCCOOCCOOCCOCCCC1(CCCOCCOOCCOOCCOOCCOOCCOOCCOOCCOOCCOOCCOOCCOOCCOC)c2cc(Br)ccc2-c2ccc(-c3ccc(CCCC(=O)CCCN)cc3)cc21. The third-order valence-corrected chi connectivity index (χ3v) is 16.0. The Hall–Kier alpha value is -3.99. The van der Waals surface area contributed by atoms with Gasteiger partial charge in [-0.1, -0.05) is 58.4 Å². The fraction of sp³-hybridized carbons (Fsp3) is 0.756. The number of hydrogen-bond donors (Lipinski definition) is 1. The minimum Gasteiger partial charge on any atom is -0.382 e. The summed E-state index contributed by atoms with van der Waals surface area (Å²) in [5, 5.41) is 0. The van der Waals surface area contributed by atoms with Gasteiger partial charge in [0, 0.05) is 50.2 Å².